The minimum atomic E-state index is -0.259. The number of nitrogens with one attached hydrogen (secondary N) is 3. The van der Waals surface area contributed by atoms with E-state index in [9.17, 15) is 4.79 Å². The number of benzene rings is 1. The molecule has 0 bridgehead atoms. The summed E-state index contributed by atoms with van der Waals surface area (Å²) in [5.74, 6) is 0.0241. The Bertz CT molecular complexity index is 449. The molecule has 0 atom stereocenters. The number of hydrogen-bond donors (Lipinski definition) is 4. The van der Waals surface area contributed by atoms with Gasteiger partial charge in [0.1, 0.15) is 5.84 Å². The lowest BCUT2D eigenvalue weighted by atomic mass is 10.1. The molecule has 5 heteroatoms. The Morgan fingerprint density at radius 2 is 2.06 bits per heavy atom. The molecular weight excluding hydrogens is 228 g/mol. The molecule has 2 amide bonds. The summed E-state index contributed by atoms with van der Waals surface area (Å²) in [5.41, 5.74) is 6.71. The second kappa shape index (κ2) is 5.53. The highest BCUT2D eigenvalue weighted by Gasteiger charge is 2.12. The normalized spacial score (nSPS) is 10.8. The number of hydrogen-bond acceptors (Lipinski definition) is 2. The fourth-order valence-corrected chi connectivity index (χ4v) is 1.42. The predicted molar refractivity (Wildman–Crippen MR) is 72.6 cm³/mol. The highest BCUT2D eigenvalue weighted by atomic mass is 16.2. The van der Waals surface area contributed by atoms with Crippen LogP contribution in [-0.2, 0) is 6.54 Å². The lowest BCUT2D eigenvalue weighted by Gasteiger charge is -2.20. The van der Waals surface area contributed by atoms with Gasteiger partial charge in [0.15, 0.2) is 0 Å². The zero-order valence-corrected chi connectivity index (χ0v) is 11.0. The summed E-state index contributed by atoms with van der Waals surface area (Å²) in [7, 11) is 0. The molecular formula is C13H20N4O. The summed E-state index contributed by atoms with van der Waals surface area (Å²) in [4.78, 5) is 11.6. The second-order valence-electron chi connectivity index (χ2n) is 5.17. The van der Waals surface area contributed by atoms with E-state index in [-0.39, 0.29) is 17.4 Å². The summed E-state index contributed by atoms with van der Waals surface area (Å²) in [6.07, 6.45) is 0. The molecule has 0 saturated heterocycles. The maximum atomic E-state index is 11.6. The molecule has 0 unspecified atom stereocenters. The summed E-state index contributed by atoms with van der Waals surface area (Å²) < 4.78 is 0. The van der Waals surface area contributed by atoms with E-state index >= 15 is 0 Å². The maximum Gasteiger partial charge on any atom is 0.315 e. The first-order valence-electron chi connectivity index (χ1n) is 5.77. The molecule has 0 aromatic heterocycles. The Labute approximate surface area is 107 Å². The third-order valence-electron chi connectivity index (χ3n) is 2.18. The fraction of sp³-hybridized carbons (Fsp3) is 0.385. The third kappa shape index (κ3) is 4.86. The molecule has 0 aliphatic carbocycles. The van der Waals surface area contributed by atoms with Crippen molar-refractivity contribution in [2.24, 2.45) is 5.73 Å². The highest BCUT2D eigenvalue weighted by Crippen LogP contribution is 2.04. The van der Waals surface area contributed by atoms with Crippen LogP contribution >= 0.6 is 0 Å². The van der Waals surface area contributed by atoms with Gasteiger partial charge in [-0.3, -0.25) is 5.41 Å². The molecule has 1 rings (SSSR count). The molecule has 5 nitrogen and oxygen atoms in total. The van der Waals surface area contributed by atoms with Crippen molar-refractivity contribution in [1.82, 2.24) is 10.6 Å². The average Bonchev–Trinajstić information content (AvgIpc) is 2.24. The number of nitrogens with two attached hydrogens (primary N) is 1. The van der Waals surface area contributed by atoms with E-state index in [2.05, 4.69) is 10.6 Å². The number of amides is 2. The van der Waals surface area contributed by atoms with E-state index in [1.54, 1.807) is 12.1 Å². The van der Waals surface area contributed by atoms with Crippen LogP contribution in [0.3, 0.4) is 0 Å². The standard InChI is InChI=1S/C13H20N4O/c1-13(2,3)17-12(18)16-8-9-5-4-6-10(7-9)11(14)15/h4-7H,8H2,1-3H3,(H3,14,15)(H2,16,17,18). The topological polar surface area (TPSA) is 91.0 Å². The summed E-state index contributed by atoms with van der Waals surface area (Å²) >= 11 is 0. The quantitative estimate of drug-likeness (QED) is 0.483. The summed E-state index contributed by atoms with van der Waals surface area (Å²) in [5, 5.41) is 12.9. The Hall–Kier alpha value is -2.04. The van der Waals surface area contributed by atoms with Crippen molar-refractivity contribution in [3.63, 3.8) is 0 Å². The van der Waals surface area contributed by atoms with Gasteiger partial charge in [-0.15, -0.1) is 0 Å². The molecule has 1 aromatic rings. The number of amidine groups is 1. The number of rotatable bonds is 3. The fourth-order valence-electron chi connectivity index (χ4n) is 1.42. The van der Waals surface area contributed by atoms with Crippen LogP contribution in [-0.4, -0.2) is 17.4 Å². The first kappa shape index (κ1) is 14.0. The van der Waals surface area contributed by atoms with E-state index in [1.165, 1.54) is 0 Å². The van der Waals surface area contributed by atoms with Gasteiger partial charge in [-0.05, 0) is 32.4 Å². The summed E-state index contributed by atoms with van der Waals surface area (Å²) in [6, 6.07) is 7.04. The SMILES string of the molecule is CC(C)(C)NC(=O)NCc1cccc(C(=N)N)c1. The minimum Gasteiger partial charge on any atom is -0.384 e. The maximum absolute atomic E-state index is 11.6. The predicted octanol–water partition coefficient (Wildman–Crippen LogP) is 1.57. The van der Waals surface area contributed by atoms with Crippen molar-refractivity contribution >= 4 is 11.9 Å². The van der Waals surface area contributed by atoms with Crippen molar-refractivity contribution in [2.45, 2.75) is 32.9 Å². The van der Waals surface area contributed by atoms with Crippen molar-refractivity contribution in [1.29, 1.82) is 5.41 Å². The van der Waals surface area contributed by atoms with Gasteiger partial charge in [0.2, 0.25) is 0 Å². The molecule has 18 heavy (non-hydrogen) atoms. The Balaban J connectivity index is 2.56. The van der Waals surface area contributed by atoms with E-state index in [1.807, 2.05) is 32.9 Å². The first-order valence-corrected chi connectivity index (χ1v) is 5.77. The Morgan fingerprint density at radius 1 is 1.39 bits per heavy atom. The van der Waals surface area contributed by atoms with Crippen LogP contribution in [0.15, 0.2) is 24.3 Å². The van der Waals surface area contributed by atoms with Crippen LogP contribution in [0.25, 0.3) is 0 Å². The van der Waals surface area contributed by atoms with Gasteiger partial charge in [0, 0.05) is 17.6 Å². The van der Waals surface area contributed by atoms with Gasteiger partial charge in [-0.25, -0.2) is 4.79 Å². The van der Waals surface area contributed by atoms with Crippen LogP contribution < -0.4 is 16.4 Å². The van der Waals surface area contributed by atoms with E-state index in [0.29, 0.717) is 12.1 Å². The molecule has 0 fully saturated rings. The molecule has 0 saturated carbocycles. The monoisotopic (exact) mass is 248 g/mol. The largest absolute Gasteiger partial charge is 0.384 e. The minimum absolute atomic E-state index is 0.0241. The Morgan fingerprint density at radius 3 is 2.61 bits per heavy atom. The molecule has 0 radical (unpaired) electrons. The van der Waals surface area contributed by atoms with E-state index in [4.69, 9.17) is 11.1 Å². The highest BCUT2D eigenvalue weighted by molar-refractivity contribution is 5.95. The zero-order valence-electron chi connectivity index (χ0n) is 11.0. The van der Waals surface area contributed by atoms with Crippen molar-refractivity contribution in [2.75, 3.05) is 0 Å². The lowest BCUT2D eigenvalue weighted by Crippen LogP contribution is -2.46. The van der Waals surface area contributed by atoms with Gasteiger partial charge < -0.3 is 16.4 Å². The number of urea groups is 1. The lowest BCUT2D eigenvalue weighted by molar-refractivity contribution is 0.231. The number of carbonyl (C=O) groups is 1. The number of nitrogen functional groups attached to an aromatic ring is 1. The van der Waals surface area contributed by atoms with Crippen LogP contribution in [0, 0.1) is 5.41 Å². The second-order valence-corrected chi connectivity index (χ2v) is 5.17. The zero-order chi connectivity index (χ0) is 13.8. The van der Waals surface area contributed by atoms with Gasteiger partial charge in [-0.1, -0.05) is 18.2 Å². The molecule has 0 spiro atoms. The summed E-state index contributed by atoms with van der Waals surface area (Å²) in [6.45, 7) is 6.16. The average molecular weight is 248 g/mol. The molecule has 0 aliphatic rings. The number of carbonyl (C=O) groups excluding carboxylic acids is 1. The van der Waals surface area contributed by atoms with E-state index in [0.717, 1.165) is 5.56 Å². The van der Waals surface area contributed by atoms with Gasteiger partial charge >= 0.3 is 6.03 Å². The van der Waals surface area contributed by atoms with Crippen molar-refractivity contribution < 1.29 is 4.79 Å². The molecule has 1 aromatic carbocycles. The molecule has 5 N–H and O–H groups in total. The smallest absolute Gasteiger partial charge is 0.315 e. The molecule has 0 aliphatic heterocycles. The van der Waals surface area contributed by atoms with Crippen LogP contribution in [0.4, 0.5) is 4.79 Å². The van der Waals surface area contributed by atoms with Gasteiger partial charge in [-0.2, -0.15) is 0 Å². The third-order valence-corrected chi connectivity index (χ3v) is 2.18. The van der Waals surface area contributed by atoms with Gasteiger partial charge in [0.25, 0.3) is 0 Å². The van der Waals surface area contributed by atoms with Gasteiger partial charge in [0.05, 0.1) is 0 Å². The van der Waals surface area contributed by atoms with Crippen molar-refractivity contribution in [3.05, 3.63) is 35.4 Å². The van der Waals surface area contributed by atoms with Crippen LogP contribution in [0.2, 0.25) is 0 Å². The Kier molecular flexibility index (Phi) is 4.31. The van der Waals surface area contributed by atoms with Crippen LogP contribution in [0.5, 0.6) is 0 Å². The first-order chi connectivity index (χ1) is 8.28. The van der Waals surface area contributed by atoms with Crippen LogP contribution in [0.1, 0.15) is 31.9 Å². The van der Waals surface area contributed by atoms with E-state index < -0.39 is 0 Å². The molecule has 98 valence electrons. The molecule has 0 heterocycles. The van der Waals surface area contributed by atoms with Crippen molar-refractivity contribution in [3.8, 4) is 0 Å².